The summed E-state index contributed by atoms with van der Waals surface area (Å²) in [6, 6.07) is 10.7. The molecule has 1 heterocycles. The number of carbonyl (C=O) groups is 2. The van der Waals surface area contributed by atoms with E-state index >= 15 is 0 Å². The van der Waals surface area contributed by atoms with E-state index in [9.17, 15) is 9.59 Å². The molecule has 1 aliphatic carbocycles. The van der Waals surface area contributed by atoms with Crippen molar-refractivity contribution in [2.45, 2.75) is 32.6 Å². The first-order valence-corrected chi connectivity index (χ1v) is 10.5. The fourth-order valence-electron chi connectivity index (χ4n) is 3.77. The summed E-state index contributed by atoms with van der Waals surface area (Å²) in [5.41, 5.74) is 4.47. The van der Waals surface area contributed by atoms with Crippen LogP contribution in [-0.2, 0) is 22.4 Å². The lowest BCUT2D eigenvalue weighted by molar-refractivity contribution is -0.119. The largest absolute Gasteiger partial charge is 0.452 e. The number of nitrogens with zero attached hydrogens (tertiary/aromatic N) is 1. The van der Waals surface area contributed by atoms with Gasteiger partial charge in [0.25, 0.3) is 5.91 Å². The Balaban J connectivity index is 1.59. The van der Waals surface area contributed by atoms with Crippen molar-refractivity contribution >= 4 is 51.7 Å². The quantitative estimate of drug-likeness (QED) is 0.539. The van der Waals surface area contributed by atoms with E-state index in [1.165, 1.54) is 0 Å². The maximum atomic E-state index is 13.1. The first-order chi connectivity index (χ1) is 14.4. The molecule has 0 saturated heterocycles. The number of hydrogen-bond acceptors (Lipinski definition) is 4. The highest BCUT2D eigenvalue weighted by Crippen LogP contribution is 2.31. The molecule has 1 amide bonds. The van der Waals surface area contributed by atoms with E-state index in [0.29, 0.717) is 21.3 Å². The summed E-state index contributed by atoms with van der Waals surface area (Å²) in [4.78, 5) is 30.1. The van der Waals surface area contributed by atoms with Gasteiger partial charge < -0.3 is 10.1 Å². The fourth-order valence-corrected chi connectivity index (χ4v) is 4.26. The molecule has 154 valence electrons. The van der Waals surface area contributed by atoms with Gasteiger partial charge in [0.1, 0.15) is 0 Å². The molecule has 1 aromatic heterocycles. The number of amides is 1. The molecule has 5 nitrogen and oxygen atoms in total. The van der Waals surface area contributed by atoms with Gasteiger partial charge in [0.2, 0.25) is 0 Å². The number of esters is 1. The molecule has 1 aliphatic rings. The summed E-state index contributed by atoms with van der Waals surface area (Å²) in [7, 11) is 0. The van der Waals surface area contributed by atoms with Gasteiger partial charge in [-0.15, -0.1) is 0 Å². The molecule has 2 aromatic carbocycles. The van der Waals surface area contributed by atoms with E-state index in [0.717, 1.165) is 53.4 Å². The molecular weight excluding hydrogens is 423 g/mol. The zero-order valence-corrected chi connectivity index (χ0v) is 17.9. The number of nitrogens with one attached hydrogen (secondary N) is 1. The smallest absolute Gasteiger partial charge is 0.339 e. The minimum atomic E-state index is -0.522. The van der Waals surface area contributed by atoms with Crippen LogP contribution in [0.2, 0.25) is 10.0 Å². The van der Waals surface area contributed by atoms with Crippen molar-refractivity contribution in [1.29, 1.82) is 0 Å². The summed E-state index contributed by atoms with van der Waals surface area (Å²) in [6.45, 7) is 1.53. The minimum Gasteiger partial charge on any atom is -0.452 e. The number of pyridine rings is 1. The van der Waals surface area contributed by atoms with E-state index in [-0.39, 0.29) is 0 Å². The second-order valence-electron chi connectivity index (χ2n) is 7.36. The van der Waals surface area contributed by atoms with Crippen LogP contribution < -0.4 is 5.32 Å². The fraction of sp³-hybridized carbons (Fsp3) is 0.261. The zero-order chi connectivity index (χ0) is 21.3. The molecule has 0 radical (unpaired) electrons. The first-order valence-electron chi connectivity index (χ1n) is 9.77. The van der Waals surface area contributed by atoms with Crippen LogP contribution in [0, 0.1) is 6.92 Å². The molecule has 0 saturated carbocycles. The summed E-state index contributed by atoms with van der Waals surface area (Å²) < 4.78 is 5.39. The summed E-state index contributed by atoms with van der Waals surface area (Å²) >= 11 is 12.2. The van der Waals surface area contributed by atoms with Crippen molar-refractivity contribution in [1.82, 2.24) is 4.98 Å². The predicted octanol–water partition coefficient (Wildman–Crippen LogP) is 5.52. The number of para-hydroxylation sites is 1. The van der Waals surface area contributed by atoms with E-state index in [1.807, 2.05) is 25.1 Å². The van der Waals surface area contributed by atoms with Crippen LogP contribution >= 0.6 is 23.2 Å². The number of anilines is 1. The molecule has 0 spiro atoms. The van der Waals surface area contributed by atoms with Gasteiger partial charge in [0, 0.05) is 11.1 Å². The van der Waals surface area contributed by atoms with Gasteiger partial charge in [-0.25, -0.2) is 4.79 Å². The Morgan fingerprint density at radius 1 is 1.10 bits per heavy atom. The molecule has 0 atom stereocenters. The number of ether oxygens (including phenoxy) is 1. The van der Waals surface area contributed by atoms with Crippen molar-refractivity contribution in [3.63, 3.8) is 0 Å². The Morgan fingerprint density at radius 2 is 1.83 bits per heavy atom. The van der Waals surface area contributed by atoms with Gasteiger partial charge in [0.05, 0.1) is 26.8 Å². The molecule has 0 bridgehead atoms. The van der Waals surface area contributed by atoms with Crippen LogP contribution in [0.25, 0.3) is 10.9 Å². The second kappa shape index (κ2) is 8.62. The lowest BCUT2D eigenvalue weighted by Crippen LogP contribution is -2.23. The Morgan fingerprint density at radius 3 is 2.60 bits per heavy atom. The van der Waals surface area contributed by atoms with Crippen LogP contribution in [0.1, 0.15) is 40.0 Å². The number of fused-ring (bicyclic) bond motifs is 2. The minimum absolute atomic E-state index is 0.296. The normalized spacial score (nSPS) is 13.0. The van der Waals surface area contributed by atoms with E-state index in [2.05, 4.69) is 5.32 Å². The van der Waals surface area contributed by atoms with E-state index in [1.54, 1.807) is 18.2 Å². The van der Waals surface area contributed by atoms with Crippen molar-refractivity contribution < 1.29 is 14.3 Å². The number of rotatable bonds is 4. The topological polar surface area (TPSA) is 68.3 Å². The highest BCUT2D eigenvalue weighted by atomic mass is 35.5. The molecule has 3 aromatic rings. The third-order valence-electron chi connectivity index (χ3n) is 5.18. The highest BCUT2D eigenvalue weighted by molar-refractivity contribution is 6.39. The van der Waals surface area contributed by atoms with Crippen molar-refractivity contribution in [2.75, 3.05) is 11.9 Å². The van der Waals surface area contributed by atoms with E-state index < -0.39 is 18.5 Å². The lowest BCUT2D eigenvalue weighted by Gasteiger charge is -2.20. The van der Waals surface area contributed by atoms with Gasteiger partial charge >= 0.3 is 5.97 Å². The number of hydrogen-bond donors (Lipinski definition) is 1. The average Bonchev–Trinajstić information content (AvgIpc) is 2.73. The maximum absolute atomic E-state index is 13.1. The van der Waals surface area contributed by atoms with Crippen LogP contribution in [0.3, 0.4) is 0 Å². The highest BCUT2D eigenvalue weighted by Gasteiger charge is 2.24. The third-order valence-corrected chi connectivity index (χ3v) is 5.81. The van der Waals surface area contributed by atoms with Gasteiger partial charge in [-0.3, -0.25) is 9.78 Å². The molecule has 1 N–H and O–H groups in total. The molecule has 0 unspecified atom stereocenters. The maximum Gasteiger partial charge on any atom is 0.339 e. The Hall–Kier alpha value is -2.63. The molecule has 0 aliphatic heterocycles. The lowest BCUT2D eigenvalue weighted by atomic mass is 9.89. The summed E-state index contributed by atoms with van der Waals surface area (Å²) in [5.74, 6) is -1.03. The second-order valence-corrected chi connectivity index (χ2v) is 8.18. The number of carbonyl (C=O) groups excluding carboxylic acids is 2. The van der Waals surface area contributed by atoms with Crippen LogP contribution in [0.4, 0.5) is 5.69 Å². The predicted molar refractivity (Wildman–Crippen MR) is 118 cm³/mol. The van der Waals surface area contributed by atoms with Gasteiger partial charge in [0.15, 0.2) is 6.61 Å². The Bertz CT molecular complexity index is 1140. The summed E-state index contributed by atoms with van der Waals surface area (Å²) in [5, 5.41) is 3.98. The third kappa shape index (κ3) is 4.13. The van der Waals surface area contributed by atoms with Crippen molar-refractivity contribution in [3.8, 4) is 0 Å². The zero-order valence-electron chi connectivity index (χ0n) is 16.4. The SMILES string of the molecule is Cc1ccc2nc3c(c(C(=O)OCC(=O)Nc4c(Cl)cccc4Cl)c2c1)CCCC3. The first kappa shape index (κ1) is 20.6. The number of halogens is 2. The van der Waals surface area contributed by atoms with Gasteiger partial charge in [-0.2, -0.15) is 0 Å². The Labute approximate surface area is 184 Å². The molecule has 4 rings (SSSR count). The number of aryl methyl sites for hydroxylation is 2. The summed E-state index contributed by atoms with van der Waals surface area (Å²) in [6.07, 6.45) is 3.66. The van der Waals surface area contributed by atoms with Gasteiger partial charge in [-0.05, 0) is 62.4 Å². The molecule has 0 fully saturated rings. The molecular formula is C23H20Cl2N2O3. The molecule has 7 heteroatoms. The number of aromatic nitrogens is 1. The number of benzene rings is 2. The van der Waals surface area contributed by atoms with Crippen molar-refractivity contribution in [3.05, 3.63) is 68.8 Å². The monoisotopic (exact) mass is 442 g/mol. The van der Waals surface area contributed by atoms with Gasteiger partial charge in [-0.1, -0.05) is 40.9 Å². The Kier molecular flexibility index (Phi) is 5.93. The standard InChI is InChI=1S/C23H20Cl2N2O3/c1-13-9-10-19-15(11-13)21(14-5-2-3-8-18(14)26-19)23(29)30-12-20(28)27-22-16(24)6-4-7-17(22)25/h4,6-7,9-11H,2-3,5,8,12H2,1H3,(H,27,28). The van der Waals surface area contributed by atoms with Crippen LogP contribution in [0.15, 0.2) is 36.4 Å². The van der Waals surface area contributed by atoms with Crippen LogP contribution in [-0.4, -0.2) is 23.5 Å². The van der Waals surface area contributed by atoms with E-state index in [4.69, 9.17) is 32.9 Å². The molecule has 30 heavy (non-hydrogen) atoms. The van der Waals surface area contributed by atoms with Crippen LogP contribution in [0.5, 0.6) is 0 Å². The average molecular weight is 443 g/mol. The van der Waals surface area contributed by atoms with Crippen molar-refractivity contribution in [2.24, 2.45) is 0 Å².